The lowest BCUT2D eigenvalue weighted by Crippen LogP contribution is -2.20. The molecule has 84 valence electrons. The first-order chi connectivity index (χ1) is 7.59. The highest BCUT2D eigenvalue weighted by Crippen LogP contribution is 2.28. The molecule has 1 aromatic carbocycles. The van der Waals surface area contributed by atoms with Crippen molar-refractivity contribution >= 4 is 0 Å². The Hall–Kier alpha value is -1.33. The zero-order valence-electron chi connectivity index (χ0n) is 9.39. The van der Waals surface area contributed by atoms with Gasteiger partial charge in [-0.05, 0) is 56.4 Å². The van der Waals surface area contributed by atoms with Crippen LogP contribution in [0.2, 0.25) is 0 Å². The highest BCUT2D eigenvalue weighted by atomic mass is 19.1. The smallest absolute Gasteiger partial charge is 0.126 e. The molecule has 0 radical (unpaired) electrons. The number of aliphatic hydroxyl groups is 1. The van der Waals surface area contributed by atoms with Crippen LogP contribution in [0.5, 0.6) is 0 Å². The number of halogens is 1. The quantitative estimate of drug-likeness (QED) is 0.664. The Morgan fingerprint density at radius 1 is 1.31 bits per heavy atom. The lowest BCUT2D eigenvalue weighted by Gasteiger charge is -2.12. The monoisotopic (exact) mass is 218 g/mol. The number of rotatable bonds is 0. The van der Waals surface area contributed by atoms with Crippen molar-refractivity contribution in [2.75, 3.05) is 0 Å². The van der Waals surface area contributed by atoms with Gasteiger partial charge in [0.2, 0.25) is 0 Å². The van der Waals surface area contributed by atoms with Crippen molar-refractivity contribution in [3.63, 3.8) is 0 Å². The van der Waals surface area contributed by atoms with Crippen molar-refractivity contribution in [3.05, 3.63) is 35.1 Å². The third-order valence-electron chi connectivity index (χ3n) is 3.03. The average Bonchev–Trinajstić information content (AvgIpc) is 2.68. The predicted octanol–water partition coefficient (Wildman–Crippen LogP) is 2.79. The van der Waals surface area contributed by atoms with Gasteiger partial charge in [0, 0.05) is 5.56 Å². The predicted molar refractivity (Wildman–Crippen MR) is 61.4 cm³/mol. The van der Waals surface area contributed by atoms with E-state index in [1.807, 2.05) is 0 Å². The van der Waals surface area contributed by atoms with E-state index in [9.17, 15) is 9.50 Å². The van der Waals surface area contributed by atoms with Gasteiger partial charge in [-0.15, -0.1) is 0 Å². The van der Waals surface area contributed by atoms with Crippen molar-refractivity contribution in [1.82, 2.24) is 0 Å². The number of hydrogen-bond donors (Lipinski definition) is 1. The van der Waals surface area contributed by atoms with Crippen LogP contribution in [0.25, 0.3) is 0 Å². The van der Waals surface area contributed by atoms with Gasteiger partial charge < -0.3 is 5.11 Å². The summed E-state index contributed by atoms with van der Waals surface area (Å²) in [6.45, 7) is 1.71. The van der Waals surface area contributed by atoms with Crippen molar-refractivity contribution in [1.29, 1.82) is 0 Å². The molecule has 0 spiro atoms. The average molecular weight is 218 g/mol. The second-order valence-corrected chi connectivity index (χ2v) is 4.45. The van der Waals surface area contributed by atoms with Crippen LogP contribution in [-0.4, -0.2) is 10.7 Å². The summed E-state index contributed by atoms with van der Waals surface area (Å²) in [5.41, 5.74) is 0.534. The molecule has 1 aliphatic carbocycles. The third-order valence-corrected chi connectivity index (χ3v) is 3.03. The molecule has 0 saturated heterocycles. The molecule has 0 amide bonds. The maximum atomic E-state index is 13.0. The van der Waals surface area contributed by atoms with E-state index in [1.165, 1.54) is 6.07 Å². The largest absolute Gasteiger partial charge is 0.378 e. The normalized spacial score (nSPS) is 17.9. The van der Waals surface area contributed by atoms with Gasteiger partial charge >= 0.3 is 0 Å². The molecule has 1 fully saturated rings. The highest BCUT2D eigenvalue weighted by molar-refractivity contribution is 5.39. The number of hydrogen-bond acceptors (Lipinski definition) is 1. The first-order valence-electron chi connectivity index (χ1n) is 5.61. The van der Waals surface area contributed by atoms with E-state index in [1.54, 1.807) is 19.1 Å². The van der Waals surface area contributed by atoms with Gasteiger partial charge in [-0.1, -0.05) is 11.8 Å². The minimum absolute atomic E-state index is 0.217. The van der Waals surface area contributed by atoms with Gasteiger partial charge in [-0.3, -0.25) is 0 Å². The number of benzene rings is 1. The second-order valence-electron chi connectivity index (χ2n) is 4.45. The molecule has 1 nitrogen and oxygen atoms in total. The Bertz CT molecular complexity index is 448. The fourth-order valence-corrected chi connectivity index (χ4v) is 2.00. The topological polar surface area (TPSA) is 20.2 Å². The van der Waals surface area contributed by atoms with Crippen molar-refractivity contribution in [2.24, 2.45) is 0 Å². The second kappa shape index (κ2) is 4.27. The van der Waals surface area contributed by atoms with Crippen LogP contribution in [-0.2, 0) is 0 Å². The standard InChI is InChI=1S/C14H15FO/c1-11-10-12(4-5-13(11)15)6-9-14(16)7-2-3-8-14/h4-5,10,16H,2-3,7-8H2,1H3. The van der Waals surface area contributed by atoms with Crippen LogP contribution in [0, 0.1) is 24.6 Å². The maximum Gasteiger partial charge on any atom is 0.126 e. The highest BCUT2D eigenvalue weighted by Gasteiger charge is 2.28. The zero-order chi connectivity index (χ0) is 11.6. The molecular formula is C14H15FO. The Labute approximate surface area is 95.3 Å². The molecule has 16 heavy (non-hydrogen) atoms. The summed E-state index contributed by atoms with van der Waals surface area (Å²) in [6, 6.07) is 4.77. The lowest BCUT2D eigenvalue weighted by molar-refractivity contribution is 0.110. The molecule has 0 bridgehead atoms. The van der Waals surface area contributed by atoms with Crippen molar-refractivity contribution < 1.29 is 9.50 Å². The summed E-state index contributed by atoms with van der Waals surface area (Å²) in [5, 5.41) is 10.0. The van der Waals surface area contributed by atoms with Crippen LogP contribution < -0.4 is 0 Å². The van der Waals surface area contributed by atoms with E-state index in [2.05, 4.69) is 11.8 Å². The fourth-order valence-electron chi connectivity index (χ4n) is 2.00. The molecule has 2 rings (SSSR count). The van der Waals surface area contributed by atoms with E-state index in [0.717, 1.165) is 31.2 Å². The molecule has 1 saturated carbocycles. The van der Waals surface area contributed by atoms with E-state index in [0.29, 0.717) is 5.56 Å². The SMILES string of the molecule is Cc1cc(C#CC2(O)CCCC2)ccc1F. The third kappa shape index (κ3) is 2.43. The minimum atomic E-state index is -0.817. The molecule has 0 aliphatic heterocycles. The number of aryl methyl sites for hydroxylation is 1. The molecule has 1 N–H and O–H groups in total. The van der Waals surface area contributed by atoms with Crippen LogP contribution in [0.4, 0.5) is 4.39 Å². The first kappa shape index (κ1) is 11.2. The molecule has 1 aromatic rings. The van der Waals surface area contributed by atoms with Gasteiger partial charge in [0.25, 0.3) is 0 Å². The Kier molecular flexibility index (Phi) is 2.98. The summed E-state index contributed by atoms with van der Waals surface area (Å²) in [4.78, 5) is 0. The molecular weight excluding hydrogens is 203 g/mol. The van der Waals surface area contributed by atoms with E-state index >= 15 is 0 Å². The van der Waals surface area contributed by atoms with Crippen LogP contribution in [0.3, 0.4) is 0 Å². The Balaban J connectivity index is 2.20. The van der Waals surface area contributed by atoms with Crippen molar-refractivity contribution in [3.8, 4) is 11.8 Å². The molecule has 0 aromatic heterocycles. The summed E-state index contributed by atoms with van der Waals surface area (Å²) >= 11 is 0. The molecule has 0 unspecified atom stereocenters. The molecule has 2 heteroatoms. The van der Waals surface area contributed by atoms with Gasteiger partial charge in [0.1, 0.15) is 11.4 Å². The maximum absolute atomic E-state index is 13.0. The van der Waals surface area contributed by atoms with E-state index in [-0.39, 0.29) is 5.82 Å². The van der Waals surface area contributed by atoms with Gasteiger partial charge in [-0.2, -0.15) is 0 Å². The lowest BCUT2D eigenvalue weighted by atomic mass is 10.0. The molecule has 0 heterocycles. The Morgan fingerprint density at radius 2 is 2.00 bits per heavy atom. The zero-order valence-corrected chi connectivity index (χ0v) is 9.39. The molecule has 0 atom stereocenters. The van der Waals surface area contributed by atoms with Gasteiger partial charge in [-0.25, -0.2) is 4.39 Å². The summed E-state index contributed by atoms with van der Waals surface area (Å²) in [5.74, 6) is 5.62. The summed E-state index contributed by atoms with van der Waals surface area (Å²) in [6.07, 6.45) is 3.57. The van der Waals surface area contributed by atoms with E-state index in [4.69, 9.17) is 0 Å². The van der Waals surface area contributed by atoms with Gasteiger partial charge in [0.15, 0.2) is 0 Å². The summed E-state index contributed by atoms with van der Waals surface area (Å²) in [7, 11) is 0. The van der Waals surface area contributed by atoms with Crippen LogP contribution >= 0.6 is 0 Å². The van der Waals surface area contributed by atoms with Crippen LogP contribution in [0.15, 0.2) is 18.2 Å². The van der Waals surface area contributed by atoms with E-state index < -0.39 is 5.60 Å². The Morgan fingerprint density at radius 3 is 2.62 bits per heavy atom. The summed E-state index contributed by atoms with van der Waals surface area (Å²) < 4.78 is 13.0. The fraction of sp³-hybridized carbons (Fsp3) is 0.429. The van der Waals surface area contributed by atoms with Crippen molar-refractivity contribution in [2.45, 2.75) is 38.2 Å². The first-order valence-corrected chi connectivity index (χ1v) is 5.61. The van der Waals surface area contributed by atoms with Gasteiger partial charge in [0.05, 0.1) is 0 Å². The van der Waals surface area contributed by atoms with Crippen LogP contribution in [0.1, 0.15) is 36.8 Å². The minimum Gasteiger partial charge on any atom is -0.378 e. The molecule has 1 aliphatic rings.